The summed E-state index contributed by atoms with van der Waals surface area (Å²) in [6, 6.07) is 0. The van der Waals surface area contributed by atoms with Crippen molar-refractivity contribution in [3.8, 4) is 0 Å². The Morgan fingerprint density at radius 3 is 2.62 bits per heavy atom. The van der Waals surface area contributed by atoms with E-state index in [2.05, 4.69) is 20.8 Å². The largest absolute Gasteiger partial charge is 0.303 e. The summed E-state index contributed by atoms with van der Waals surface area (Å²) in [7, 11) is 0. The van der Waals surface area contributed by atoms with Crippen molar-refractivity contribution in [1.82, 2.24) is 0 Å². The van der Waals surface area contributed by atoms with Gasteiger partial charge in [-0.3, -0.25) is 4.79 Å². The molecule has 3 saturated carbocycles. The number of aldehydes is 1. The van der Waals surface area contributed by atoms with Crippen molar-refractivity contribution in [2.75, 3.05) is 0 Å². The van der Waals surface area contributed by atoms with Crippen LogP contribution in [0.1, 0.15) is 72.1 Å². The van der Waals surface area contributed by atoms with Crippen molar-refractivity contribution >= 4 is 12.1 Å². The summed E-state index contributed by atoms with van der Waals surface area (Å²) in [5, 5.41) is 0. The fourth-order valence-corrected chi connectivity index (χ4v) is 7.56. The van der Waals surface area contributed by atoms with E-state index in [0.717, 1.165) is 37.0 Å². The highest BCUT2D eigenvalue weighted by molar-refractivity contribution is 5.91. The van der Waals surface area contributed by atoms with Gasteiger partial charge in [-0.15, -0.1) is 0 Å². The van der Waals surface area contributed by atoms with E-state index in [9.17, 15) is 9.59 Å². The van der Waals surface area contributed by atoms with Crippen LogP contribution in [0, 0.1) is 40.4 Å². The number of carbonyl (C=O) groups excluding carboxylic acids is 2. The van der Waals surface area contributed by atoms with Gasteiger partial charge in [0.25, 0.3) is 0 Å². The van der Waals surface area contributed by atoms with E-state index in [1.54, 1.807) is 0 Å². The van der Waals surface area contributed by atoms with Crippen LogP contribution in [-0.4, -0.2) is 12.1 Å². The molecule has 0 spiro atoms. The van der Waals surface area contributed by atoms with Crippen molar-refractivity contribution in [1.29, 1.82) is 0 Å². The quantitative estimate of drug-likeness (QED) is 0.671. The summed E-state index contributed by atoms with van der Waals surface area (Å²) < 4.78 is 0. The fourth-order valence-electron chi connectivity index (χ4n) is 7.56. The highest BCUT2D eigenvalue weighted by atomic mass is 16.1. The highest BCUT2D eigenvalue weighted by Crippen LogP contribution is 2.67. The highest BCUT2D eigenvalue weighted by Gasteiger charge is 2.59. The van der Waals surface area contributed by atoms with Gasteiger partial charge in [-0.05, 0) is 85.5 Å². The lowest BCUT2D eigenvalue weighted by Crippen LogP contribution is -2.51. The lowest BCUT2D eigenvalue weighted by molar-refractivity contribution is -0.118. The molecule has 4 aliphatic carbocycles. The molecule has 4 aliphatic rings. The van der Waals surface area contributed by atoms with Crippen molar-refractivity contribution in [2.24, 2.45) is 40.4 Å². The Labute approximate surface area is 146 Å². The Balaban J connectivity index is 1.65. The van der Waals surface area contributed by atoms with Gasteiger partial charge in [0.15, 0.2) is 5.78 Å². The van der Waals surface area contributed by atoms with Crippen LogP contribution in [0.4, 0.5) is 0 Å². The van der Waals surface area contributed by atoms with Gasteiger partial charge in [0.1, 0.15) is 6.29 Å². The molecular weight excluding hydrogens is 296 g/mol. The van der Waals surface area contributed by atoms with Crippen molar-refractivity contribution in [2.45, 2.75) is 72.1 Å². The Kier molecular flexibility index (Phi) is 3.82. The van der Waals surface area contributed by atoms with Gasteiger partial charge in [-0.25, -0.2) is 0 Å². The van der Waals surface area contributed by atoms with Gasteiger partial charge in [0.05, 0.1) is 0 Å². The Hall–Kier alpha value is -0.920. The lowest BCUT2D eigenvalue weighted by atomic mass is 9.46. The first-order chi connectivity index (χ1) is 11.4. The van der Waals surface area contributed by atoms with Crippen LogP contribution in [0.5, 0.6) is 0 Å². The van der Waals surface area contributed by atoms with Crippen LogP contribution in [0.2, 0.25) is 0 Å². The molecule has 0 amide bonds. The molecule has 132 valence electrons. The van der Waals surface area contributed by atoms with Gasteiger partial charge >= 0.3 is 0 Å². The number of hydrogen-bond acceptors (Lipinski definition) is 2. The molecule has 0 aromatic heterocycles. The first-order valence-electron chi connectivity index (χ1n) is 10.1. The summed E-state index contributed by atoms with van der Waals surface area (Å²) in [5.41, 5.74) is 2.09. The second-order valence-corrected chi connectivity index (χ2v) is 9.69. The van der Waals surface area contributed by atoms with Crippen LogP contribution >= 0.6 is 0 Å². The van der Waals surface area contributed by atoms with Gasteiger partial charge in [0.2, 0.25) is 0 Å². The maximum absolute atomic E-state index is 11.9. The minimum Gasteiger partial charge on any atom is -0.303 e. The van der Waals surface area contributed by atoms with Crippen molar-refractivity contribution in [3.05, 3.63) is 11.6 Å². The molecule has 24 heavy (non-hydrogen) atoms. The first kappa shape index (κ1) is 16.5. The molecule has 0 aromatic rings. The van der Waals surface area contributed by atoms with E-state index < -0.39 is 0 Å². The topological polar surface area (TPSA) is 34.1 Å². The van der Waals surface area contributed by atoms with Gasteiger partial charge < -0.3 is 4.79 Å². The van der Waals surface area contributed by atoms with E-state index in [0.29, 0.717) is 17.1 Å². The molecule has 0 aliphatic heterocycles. The standard InChI is InChI=1S/C22H32O2/c1-14(13-23)18-6-7-19-17-5-4-15-12-16(24)8-10-21(15,2)20(17)9-11-22(18,19)3/h12-14,17-20H,4-11H2,1-3H3. The molecule has 7 atom stereocenters. The molecular formula is C22H32O2. The summed E-state index contributed by atoms with van der Waals surface area (Å²) in [4.78, 5) is 23.3. The minimum atomic E-state index is 0.207. The van der Waals surface area contributed by atoms with Gasteiger partial charge in [-0.1, -0.05) is 26.3 Å². The predicted octanol–water partition coefficient (Wildman–Crippen LogP) is 4.97. The molecule has 0 aromatic carbocycles. The zero-order chi connectivity index (χ0) is 17.1. The van der Waals surface area contributed by atoms with Crippen LogP contribution in [0.15, 0.2) is 11.6 Å². The molecule has 2 heteroatoms. The minimum absolute atomic E-state index is 0.207. The van der Waals surface area contributed by atoms with Crippen LogP contribution in [-0.2, 0) is 9.59 Å². The Morgan fingerprint density at radius 2 is 1.88 bits per heavy atom. The molecule has 7 unspecified atom stereocenters. The number of allylic oxidation sites excluding steroid dienone is 1. The average molecular weight is 328 g/mol. The van der Waals surface area contributed by atoms with E-state index in [1.165, 1.54) is 44.0 Å². The normalized spacial score (nSPS) is 48.8. The molecule has 2 nitrogen and oxygen atoms in total. The summed E-state index contributed by atoms with van der Waals surface area (Å²) >= 11 is 0. The molecule has 0 heterocycles. The van der Waals surface area contributed by atoms with Crippen molar-refractivity contribution in [3.63, 3.8) is 0 Å². The van der Waals surface area contributed by atoms with E-state index in [4.69, 9.17) is 0 Å². The maximum atomic E-state index is 11.9. The second-order valence-electron chi connectivity index (χ2n) is 9.69. The average Bonchev–Trinajstić information content (AvgIpc) is 2.92. The summed E-state index contributed by atoms with van der Waals surface area (Å²) in [6.07, 6.45) is 12.5. The number of ketones is 1. The first-order valence-corrected chi connectivity index (χ1v) is 10.1. The molecule has 0 N–H and O–H groups in total. The predicted molar refractivity (Wildman–Crippen MR) is 95.4 cm³/mol. The monoisotopic (exact) mass is 328 g/mol. The molecule has 0 radical (unpaired) electrons. The van der Waals surface area contributed by atoms with E-state index >= 15 is 0 Å². The molecule has 4 rings (SSSR count). The van der Waals surface area contributed by atoms with Crippen LogP contribution < -0.4 is 0 Å². The Morgan fingerprint density at radius 1 is 1.08 bits per heavy atom. The van der Waals surface area contributed by atoms with Gasteiger partial charge in [-0.2, -0.15) is 0 Å². The Bertz CT molecular complexity index is 591. The molecule has 3 fully saturated rings. The third kappa shape index (κ3) is 2.14. The SMILES string of the molecule is CC(C=O)C1CCC2C3CCC4=CC(=O)CCC4(C)C3CCC12C. The summed E-state index contributed by atoms with van der Waals surface area (Å²) in [6.45, 7) is 7.07. The number of fused-ring (bicyclic) bond motifs is 5. The molecule has 0 bridgehead atoms. The fraction of sp³-hybridized carbons (Fsp3) is 0.818. The van der Waals surface area contributed by atoms with Crippen molar-refractivity contribution < 1.29 is 9.59 Å². The zero-order valence-corrected chi connectivity index (χ0v) is 15.5. The van der Waals surface area contributed by atoms with Gasteiger partial charge in [0, 0.05) is 12.3 Å². The number of rotatable bonds is 2. The van der Waals surface area contributed by atoms with E-state index in [1.807, 2.05) is 6.08 Å². The maximum Gasteiger partial charge on any atom is 0.155 e. The van der Waals surface area contributed by atoms with Crippen LogP contribution in [0.25, 0.3) is 0 Å². The zero-order valence-electron chi connectivity index (χ0n) is 15.5. The van der Waals surface area contributed by atoms with E-state index in [-0.39, 0.29) is 11.3 Å². The number of hydrogen-bond donors (Lipinski definition) is 0. The number of carbonyl (C=O) groups is 2. The smallest absolute Gasteiger partial charge is 0.155 e. The molecule has 0 saturated heterocycles. The second kappa shape index (κ2) is 5.54. The third-order valence-corrected chi connectivity index (χ3v) is 8.88. The lowest BCUT2D eigenvalue weighted by Gasteiger charge is -2.58. The summed E-state index contributed by atoms with van der Waals surface area (Å²) in [5.74, 6) is 3.50. The van der Waals surface area contributed by atoms with Crippen LogP contribution in [0.3, 0.4) is 0 Å². The third-order valence-electron chi connectivity index (χ3n) is 8.88.